The summed E-state index contributed by atoms with van der Waals surface area (Å²) in [5.41, 5.74) is 3.65. The highest BCUT2D eigenvalue weighted by Gasteiger charge is 2.28. The number of anilines is 1. The minimum absolute atomic E-state index is 0.0437. The Morgan fingerprint density at radius 3 is 2.94 bits per heavy atom. The van der Waals surface area contributed by atoms with E-state index < -0.39 is 0 Å². The van der Waals surface area contributed by atoms with Gasteiger partial charge in [0.25, 0.3) is 0 Å². The third-order valence-corrected chi connectivity index (χ3v) is 6.61. The Kier molecular flexibility index (Phi) is 6.36. The highest BCUT2D eigenvalue weighted by atomic mass is 35.5. The maximum atomic E-state index is 12.9. The van der Waals surface area contributed by atoms with Crippen molar-refractivity contribution >= 4 is 28.8 Å². The molecule has 3 heterocycles. The topological polar surface area (TPSA) is 71.8 Å². The van der Waals surface area contributed by atoms with E-state index in [0.717, 1.165) is 53.3 Å². The number of benzene rings is 2. The van der Waals surface area contributed by atoms with Crippen molar-refractivity contribution in [2.24, 2.45) is 5.92 Å². The van der Waals surface area contributed by atoms with E-state index in [-0.39, 0.29) is 11.8 Å². The summed E-state index contributed by atoms with van der Waals surface area (Å²) >= 11 is 6.23. The molecule has 1 atom stereocenters. The molecule has 0 aliphatic carbocycles. The van der Waals surface area contributed by atoms with Gasteiger partial charge in [-0.2, -0.15) is 5.10 Å². The van der Waals surface area contributed by atoms with Gasteiger partial charge in [0.05, 0.1) is 18.7 Å². The lowest BCUT2D eigenvalue weighted by molar-refractivity contribution is -0.125. The lowest BCUT2D eigenvalue weighted by atomic mass is 9.97. The Morgan fingerprint density at radius 2 is 2.09 bits per heavy atom. The van der Waals surface area contributed by atoms with Gasteiger partial charge in [0.15, 0.2) is 5.82 Å². The summed E-state index contributed by atoms with van der Waals surface area (Å²) in [5, 5.41) is 8.46. The molecule has 0 spiro atoms. The summed E-state index contributed by atoms with van der Waals surface area (Å²) in [7, 11) is 1.65. The van der Waals surface area contributed by atoms with Crippen LogP contribution < -0.4 is 15.0 Å². The summed E-state index contributed by atoms with van der Waals surface area (Å²) in [6, 6.07) is 17.5. The van der Waals surface area contributed by atoms with Crippen molar-refractivity contribution in [3.05, 3.63) is 77.6 Å². The molecule has 2 aromatic carbocycles. The van der Waals surface area contributed by atoms with E-state index in [0.29, 0.717) is 18.1 Å². The Labute approximate surface area is 203 Å². The number of nitrogens with one attached hydrogen (secondary N) is 1. The molecule has 1 N–H and O–H groups in total. The molecule has 4 aromatic rings. The second kappa shape index (κ2) is 9.73. The summed E-state index contributed by atoms with van der Waals surface area (Å²) < 4.78 is 7.20. The number of methoxy groups -OCH3 is 1. The second-order valence-corrected chi connectivity index (χ2v) is 8.84. The number of rotatable bonds is 6. The van der Waals surface area contributed by atoms with Crippen LogP contribution in [0.5, 0.6) is 5.75 Å². The van der Waals surface area contributed by atoms with Gasteiger partial charge < -0.3 is 15.0 Å². The molecule has 8 heteroatoms. The molecular weight excluding hydrogens is 450 g/mol. The van der Waals surface area contributed by atoms with Crippen LogP contribution in [0, 0.1) is 5.92 Å². The molecule has 0 bridgehead atoms. The molecule has 1 aliphatic rings. The molecule has 1 amide bonds. The van der Waals surface area contributed by atoms with Crippen molar-refractivity contribution in [3.63, 3.8) is 0 Å². The van der Waals surface area contributed by atoms with Gasteiger partial charge >= 0.3 is 0 Å². The van der Waals surface area contributed by atoms with Gasteiger partial charge in [-0.3, -0.25) is 4.79 Å². The third-order valence-electron chi connectivity index (χ3n) is 6.24. The van der Waals surface area contributed by atoms with Gasteiger partial charge in [-0.15, -0.1) is 0 Å². The predicted molar refractivity (Wildman–Crippen MR) is 133 cm³/mol. The van der Waals surface area contributed by atoms with Crippen LogP contribution in [0.25, 0.3) is 16.8 Å². The number of nitrogens with zero attached hydrogens (tertiary/aromatic N) is 4. The molecule has 34 heavy (non-hydrogen) atoms. The number of hydrogen-bond acceptors (Lipinski definition) is 5. The summed E-state index contributed by atoms with van der Waals surface area (Å²) in [4.78, 5) is 19.8. The molecule has 0 unspecified atom stereocenters. The Balaban J connectivity index is 1.34. The first-order chi connectivity index (χ1) is 16.6. The number of carbonyl (C=O) groups is 1. The van der Waals surface area contributed by atoms with Crippen LogP contribution in [0.3, 0.4) is 0 Å². The molecule has 0 saturated carbocycles. The SMILES string of the molecule is COc1cccc(-c2cc3c(N4CCC[C@@H](C(=O)NCc5ccccc5Cl)C4)nccn3n2)c1. The monoisotopic (exact) mass is 475 g/mol. The van der Waals surface area contributed by atoms with E-state index in [1.165, 1.54) is 0 Å². The molecule has 174 valence electrons. The first-order valence-electron chi connectivity index (χ1n) is 11.4. The zero-order chi connectivity index (χ0) is 23.5. The fourth-order valence-electron chi connectivity index (χ4n) is 4.43. The van der Waals surface area contributed by atoms with Crippen LogP contribution in [-0.2, 0) is 11.3 Å². The zero-order valence-corrected chi connectivity index (χ0v) is 19.7. The zero-order valence-electron chi connectivity index (χ0n) is 18.9. The summed E-state index contributed by atoms with van der Waals surface area (Å²) in [6.45, 7) is 1.89. The Hall–Kier alpha value is -3.58. The number of carbonyl (C=O) groups excluding carboxylic acids is 1. The highest BCUT2D eigenvalue weighted by Crippen LogP contribution is 2.29. The lowest BCUT2D eigenvalue weighted by Gasteiger charge is -2.33. The third kappa shape index (κ3) is 4.56. The van der Waals surface area contributed by atoms with Crippen molar-refractivity contribution < 1.29 is 9.53 Å². The van der Waals surface area contributed by atoms with Gasteiger partial charge in [-0.1, -0.05) is 41.9 Å². The molecule has 0 radical (unpaired) electrons. The van der Waals surface area contributed by atoms with Gasteiger partial charge in [-0.05, 0) is 42.7 Å². The molecule has 7 nitrogen and oxygen atoms in total. The predicted octanol–water partition coefficient (Wildman–Crippen LogP) is 4.59. The molecule has 1 aliphatic heterocycles. The van der Waals surface area contributed by atoms with Crippen LogP contribution in [0.15, 0.2) is 67.0 Å². The van der Waals surface area contributed by atoms with E-state index in [4.69, 9.17) is 21.4 Å². The molecule has 5 rings (SSSR count). The first kappa shape index (κ1) is 22.2. The fraction of sp³-hybridized carbons (Fsp3) is 0.269. The van der Waals surface area contributed by atoms with Crippen molar-refractivity contribution in [2.75, 3.05) is 25.1 Å². The average molecular weight is 476 g/mol. The van der Waals surface area contributed by atoms with E-state index in [9.17, 15) is 4.79 Å². The fourth-order valence-corrected chi connectivity index (χ4v) is 4.63. The van der Waals surface area contributed by atoms with Crippen LogP contribution >= 0.6 is 11.6 Å². The van der Waals surface area contributed by atoms with Gasteiger partial charge in [0.2, 0.25) is 5.91 Å². The summed E-state index contributed by atoms with van der Waals surface area (Å²) in [6.07, 6.45) is 5.37. The number of ether oxygens (including phenoxy) is 1. The summed E-state index contributed by atoms with van der Waals surface area (Å²) in [5.74, 6) is 1.56. The second-order valence-electron chi connectivity index (χ2n) is 8.44. The lowest BCUT2D eigenvalue weighted by Crippen LogP contribution is -2.43. The van der Waals surface area contributed by atoms with Crippen LogP contribution in [0.2, 0.25) is 5.02 Å². The largest absolute Gasteiger partial charge is 0.497 e. The van der Waals surface area contributed by atoms with E-state index in [1.54, 1.807) is 13.3 Å². The minimum Gasteiger partial charge on any atom is -0.497 e. The number of aromatic nitrogens is 3. The van der Waals surface area contributed by atoms with Gasteiger partial charge in [-0.25, -0.2) is 9.50 Å². The number of fused-ring (bicyclic) bond motifs is 1. The van der Waals surface area contributed by atoms with E-state index in [1.807, 2.05) is 65.3 Å². The van der Waals surface area contributed by atoms with Crippen LogP contribution in [-0.4, -0.2) is 40.7 Å². The molecule has 2 aromatic heterocycles. The van der Waals surface area contributed by atoms with Crippen molar-refractivity contribution in [1.29, 1.82) is 0 Å². The number of halogens is 1. The van der Waals surface area contributed by atoms with Crippen molar-refractivity contribution in [3.8, 4) is 17.0 Å². The molecule has 1 fully saturated rings. The number of piperidine rings is 1. The Morgan fingerprint density at radius 1 is 1.21 bits per heavy atom. The average Bonchev–Trinajstić information content (AvgIpc) is 3.33. The van der Waals surface area contributed by atoms with E-state index in [2.05, 4.69) is 15.2 Å². The van der Waals surface area contributed by atoms with Gasteiger partial charge in [0.1, 0.15) is 11.3 Å². The molecular formula is C26H26ClN5O2. The maximum Gasteiger partial charge on any atom is 0.225 e. The van der Waals surface area contributed by atoms with Crippen molar-refractivity contribution in [2.45, 2.75) is 19.4 Å². The Bertz CT molecular complexity index is 1320. The molecule has 1 saturated heterocycles. The van der Waals surface area contributed by atoms with Gasteiger partial charge in [0, 0.05) is 42.6 Å². The van der Waals surface area contributed by atoms with Crippen LogP contribution in [0.1, 0.15) is 18.4 Å². The minimum atomic E-state index is -0.112. The van der Waals surface area contributed by atoms with Crippen LogP contribution in [0.4, 0.5) is 5.82 Å². The number of amides is 1. The smallest absolute Gasteiger partial charge is 0.225 e. The standard InChI is InChI=1S/C26H26ClN5O2/c1-34-21-9-4-7-18(14-21)23-15-24-25(28-11-13-32(24)30-23)31-12-5-8-20(17-31)26(33)29-16-19-6-2-3-10-22(19)27/h2-4,6-7,9-11,13-15,20H,5,8,12,16-17H2,1H3,(H,29,33)/t20-/m1/s1. The quantitative estimate of drug-likeness (QED) is 0.441. The van der Waals surface area contributed by atoms with Crippen molar-refractivity contribution in [1.82, 2.24) is 19.9 Å². The van der Waals surface area contributed by atoms with E-state index >= 15 is 0 Å². The maximum absolute atomic E-state index is 12.9. The first-order valence-corrected chi connectivity index (χ1v) is 11.7. The normalized spacial score (nSPS) is 15.9. The number of hydrogen-bond donors (Lipinski definition) is 1. The highest BCUT2D eigenvalue weighted by molar-refractivity contribution is 6.31.